The summed E-state index contributed by atoms with van der Waals surface area (Å²) in [6.07, 6.45) is 11.2. The molecule has 0 aromatic rings. The van der Waals surface area contributed by atoms with Crippen LogP contribution in [-0.2, 0) is 4.79 Å². The molecule has 6 nitrogen and oxygen atoms in total. The van der Waals surface area contributed by atoms with E-state index < -0.39 is 5.54 Å². The SMILES string of the molecule is CCNC(=O)NC1(C(=O)NCCNC2CCCCCC2)CCCC1.Cl. The number of carbonyl (C=O) groups excluding carboxylic acids is 2. The van der Waals surface area contributed by atoms with Gasteiger partial charge in [-0.25, -0.2) is 4.79 Å². The van der Waals surface area contributed by atoms with E-state index in [-0.39, 0.29) is 24.3 Å². The molecule has 0 aromatic carbocycles. The second-order valence-electron chi connectivity index (χ2n) is 7.17. The molecule has 0 spiro atoms. The molecule has 0 bridgehead atoms. The van der Waals surface area contributed by atoms with Crippen LogP contribution in [0.1, 0.15) is 71.1 Å². The van der Waals surface area contributed by atoms with E-state index in [1.807, 2.05) is 6.92 Å². The van der Waals surface area contributed by atoms with Gasteiger partial charge in [-0.15, -0.1) is 12.4 Å². The molecule has 0 unspecified atom stereocenters. The van der Waals surface area contributed by atoms with Crippen LogP contribution in [0.2, 0.25) is 0 Å². The van der Waals surface area contributed by atoms with Gasteiger partial charge in [-0.3, -0.25) is 4.79 Å². The van der Waals surface area contributed by atoms with Crippen molar-refractivity contribution in [2.24, 2.45) is 0 Å². The van der Waals surface area contributed by atoms with Crippen molar-refractivity contribution in [1.82, 2.24) is 21.3 Å². The van der Waals surface area contributed by atoms with Gasteiger partial charge >= 0.3 is 6.03 Å². The number of urea groups is 1. The van der Waals surface area contributed by atoms with E-state index in [2.05, 4.69) is 21.3 Å². The predicted molar refractivity (Wildman–Crippen MR) is 103 cm³/mol. The summed E-state index contributed by atoms with van der Waals surface area (Å²) in [4.78, 5) is 24.5. The second kappa shape index (κ2) is 11.6. The number of amides is 3. The van der Waals surface area contributed by atoms with Gasteiger partial charge in [0.15, 0.2) is 0 Å². The molecular formula is C18H35ClN4O2. The molecule has 0 saturated heterocycles. The lowest BCUT2D eigenvalue weighted by molar-refractivity contribution is -0.127. The topological polar surface area (TPSA) is 82.3 Å². The summed E-state index contributed by atoms with van der Waals surface area (Å²) in [6, 6.07) is 0.351. The lowest BCUT2D eigenvalue weighted by Crippen LogP contribution is -2.59. The van der Waals surface area contributed by atoms with Gasteiger partial charge in [0.05, 0.1) is 0 Å². The van der Waals surface area contributed by atoms with Gasteiger partial charge in [0, 0.05) is 25.7 Å². The third-order valence-electron chi connectivity index (χ3n) is 5.28. The van der Waals surface area contributed by atoms with Gasteiger partial charge in [0.1, 0.15) is 5.54 Å². The Morgan fingerprint density at radius 3 is 2.16 bits per heavy atom. The van der Waals surface area contributed by atoms with Crippen molar-refractivity contribution in [2.45, 2.75) is 82.7 Å². The molecule has 2 aliphatic carbocycles. The minimum atomic E-state index is -0.721. The van der Waals surface area contributed by atoms with Crippen molar-refractivity contribution in [2.75, 3.05) is 19.6 Å². The molecule has 7 heteroatoms. The predicted octanol–water partition coefficient (Wildman–Crippen LogP) is 2.47. The molecule has 2 saturated carbocycles. The van der Waals surface area contributed by atoms with Crippen molar-refractivity contribution < 1.29 is 9.59 Å². The quantitative estimate of drug-likeness (QED) is 0.408. The maximum absolute atomic E-state index is 12.6. The number of carbonyl (C=O) groups is 2. The van der Waals surface area contributed by atoms with Crippen LogP contribution in [0.25, 0.3) is 0 Å². The van der Waals surface area contributed by atoms with E-state index in [1.165, 1.54) is 38.5 Å². The Bertz CT molecular complexity index is 406. The lowest BCUT2D eigenvalue weighted by Gasteiger charge is -2.29. The first-order valence-electron chi connectivity index (χ1n) is 9.74. The van der Waals surface area contributed by atoms with Gasteiger partial charge in [-0.05, 0) is 32.6 Å². The number of hydrogen-bond acceptors (Lipinski definition) is 3. The lowest BCUT2D eigenvalue weighted by atomic mass is 9.96. The van der Waals surface area contributed by atoms with Crippen LogP contribution < -0.4 is 21.3 Å². The number of hydrogen-bond donors (Lipinski definition) is 4. The normalized spacial score (nSPS) is 20.2. The molecule has 4 N–H and O–H groups in total. The highest BCUT2D eigenvalue weighted by Crippen LogP contribution is 2.29. The molecule has 25 heavy (non-hydrogen) atoms. The van der Waals surface area contributed by atoms with Crippen LogP contribution in [0.5, 0.6) is 0 Å². The van der Waals surface area contributed by atoms with Crippen LogP contribution in [0.4, 0.5) is 4.79 Å². The zero-order valence-corrected chi connectivity index (χ0v) is 16.3. The molecule has 3 amide bonds. The molecule has 0 aliphatic heterocycles. The third kappa shape index (κ3) is 7.02. The fourth-order valence-corrected chi connectivity index (χ4v) is 3.91. The van der Waals surface area contributed by atoms with Gasteiger partial charge in [0.2, 0.25) is 5.91 Å². The highest BCUT2D eigenvalue weighted by Gasteiger charge is 2.42. The van der Waals surface area contributed by atoms with Crippen molar-refractivity contribution in [3.05, 3.63) is 0 Å². The molecule has 0 aromatic heterocycles. The third-order valence-corrected chi connectivity index (χ3v) is 5.28. The Morgan fingerprint density at radius 1 is 0.920 bits per heavy atom. The van der Waals surface area contributed by atoms with E-state index >= 15 is 0 Å². The van der Waals surface area contributed by atoms with Crippen LogP contribution in [0.3, 0.4) is 0 Å². The monoisotopic (exact) mass is 374 g/mol. The van der Waals surface area contributed by atoms with Crippen LogP contribution in [0.15, 0.2) is 0 Å². The van der Waals surface area contributed by atoms with Gasteiger partial charge in [-0.1, -0.05) is 38.5 Å². The first-order chi connectivity index (χ1) is 11.7. The maximum atomic E-state index is 12.6. The van der Waals surface area contributed by atoms with Gasteiger partial charge in [0.25, 0.3) is 0 Å². The Kier molecular flexibility index (Phi) is 10.2. The first-order valence-corrected chi connectivity index (χ1v) is 9.74. The van der Waals surface area contributed by atoms with E-state index in [4.69, 9.17) is 0 Å². The van der Waals surface area contributed by atoms with Crippen molar-refractivity contribution in [1.29, 1.82) is 0 Å². The number of halogens is 1. The van der Waals surface area contributed by atoms with Crippen molar-refractivity contribution >= 4 is 24.3 Å². The average molecular weight is 375 g/mol. The Hall–Kier alpha value is -1.01. The molecule has 2 rings (SSSR count). The zero-order chi connectivity index (χ0) is 17.3. The summed E-state index contributed by atoms with van der Waals surface area (Å²) in [7, 11) is 0. The van der Waals surface area contributed by atoms with Crippen LogP contribution >= 0.6 is 12.4 Å². The molecule has 2 fully saturated rings. The second-order valence-corrected chi connectivity index (χ2v) is 7.17. The number of nitrogens with one attached hydrogen (secondary N) is 4. The Balaban J connectivity index is 0.00000312. The molecule has 0 heterocycles. The van der Waals surface area contributed by atoms with Gasteiger partial charge < -0.3 is 21.3 Å². The van der Waals surface area contributed by atoms with E-state index in [9.17, 15) is 9.59 Å². The Labute approximate surface area is 158 Å². The standard InChI is InChI=1S/C18H34N4O2.ClH/c1-2-19-17(24)22-18(11-7-8-12-18)16(23)21-14-13-20-15-9-5-3-4-6-10-15;/h15,20H,2-14H2,1H3,(H,21,23)(H2,19,22,24);1H. The molecule has 2 aliphatic rings. The largest absolute Gasteiger partial charge is 0.353 e. The van der Waals surface area contributed by atoms with Crippen LogP contribution in [0, 0.1) is 0 Å². The number of rotatable bonds is 7. The minimum Gasteiger partial charge on any atom is -0.353 e. The first kappa shape index (κ1) is 22.0. The highest BCUT2D eigenvalue weighted by molar-refractivity contribution is 5.91. The van der Waals surface area contributed by atoms with E-state index in [0.717, 1.165) is 32.2 Å². The molecular weight excluding hydrogens is 340 g/mol. The van der Waals surface area contributed by atoms with E-state index in [1.54, 1.807) is 0 Å². The average Bonchev–Trinajstić information content (AvgIpc) is 2.88. The summed E-state index contributed by atoms with van der Waals surface area (Å²) in [5.74, 6) is -0.0334. The smallest absolute Gasteiger partial charge is 0.315 e. The molecule has 0 atom stereocenters. The van der Waals surface area contributed by atoms with Crippen molar-refractivity contribution in [3.63, 3.8) is 0 Å². The molecule has 0 radical (unpaired) electrons. The zero-order valence-electron chi connectivity index (χ0n) is 15.5. The summed E-state index contributed by atoms with van der Waals surface area (Å²) in [5.41, 5.74) is -0.721. The molecule has 146 valence electrons. The summed E-state index contributed by atoms with van der Waals surface area (Å²) < 4.78 is 0. The van der Waals surface area contributed by atoms with Crippen molar-refractivity contribution in [3.8, 4) is 0 Å². The van der Waals surface area contributed by atoms with Crippen LogP contribution in [-0.4, -0.2) is 43.2 Å². The summed E-state index contributed by atoms with van der Waals surface area (Å²) in [6.45, 7) is 3.86. The Morgan fingerprint density at radius 2 is 1.56 bits per heavy atom. The summed E-state index contributed by atoms with van der Waals surface area (Å²) in [5, 5.41) is 12.2. The summed E-state index contributed by atoms with van der Waals surface area (Å²) >= 11 is 0. The highest BCUT2D eigenvalue weighted by atomic mass is 35.5. The fraction of sp³-hybridized carbons (Fsp3) is 0.889. The van der Waals surface area contributed by atoms with E-state index in [0.29, 0.717) is 19.1 Å². The van der Waals surface area contributed by atoms with Gasteiger partial charge in [-0.2, -0.15) is 0 Å². The fourth-order valence-electron chi connectivity index (χ4n) is 3.91. The maximum Gasteiger partial charge on any atom is 0.315 e. The minimum absolute atomic E-state index is 0.